The van der Waals surface area contributed by atoms with Gasteiger partial charge in [-0.25, -0.2) is 9.78 Å². The summed E-state index contributed by atoms with van der Waals surface area (Å²) in [5, 5.41) is 5.82. The van der Waals surface area contributed by atoms with E-state index in [1.54, 1.807) is 18.0 Å². The lowest BCUT2D eigenvalue weighted by Gasteiger charge is -2.29. The van der Waals surface area contributed by atoms with Gasteiger partial charge in [0.1, 0.15) is 5.82 Å². The number of morpholine rings is 1. The van der Waals surface area contributed by atoms with Crippen molar-refractivity contribution < 1.29 is 9.53 Å². The molecule has 0 aliphatic carbocycles. The fraction of sp³-hybridized carbons (Fsp3) is 0.368. The molecular formula is C19H24N4O2S. The molecule has 1 fully saturated rings. The average molecular weight is 372 g/mol. The first-order valence-electron chi connectivity index (χ1n) is 8.79. The van der Waals surface area contributed by atoms with E-state index in [4.69, 9.17) is 4.74 Å². The molecule has 2 N–H and O–H groups in total. The molecule has 0 bridgehead atoms. The van der Waals surface area contributed by atoms with Crippen molar-refractivity contribution in [2.75, 3.05) is 43.5 Å². The Balaban J connectivity index is 1.41. The van der Waals surface area contributed by atoms with Crippen molar-refractivity contribution in [3.8, 4) is 0 Å². The number of pyridine rings is 1. The number of hydrogen-bond acceptors (Lipinski definition) is 5. The van der Waals surface area contributed by atoms with Gasteiger partial charge in [-0.1, -0.05) is 24.3 Å². The van der Waals surface area contributed by atoms with Gasteiger partial charge in [0.25, 0.3) is 0 Å². The van der Waals surface area contributed by atoms with Crippen molar-refractivity contribution in [1.82, 2.24) is 15.6 Å². The number of rotatable bonds is 7. The molecule has 0 atom stereocenters. The Bertz CT molecular complexity index is 693. The third-order valence-corrected chi connectivity index (χ3v) is 5.03. The number of amides is 2. The molecule has 0 saturated carbocycles. The van der Waals surface area contributed by atoms with Crippen molar-refractivity contribution in [2.45, 2.75) is 11.4 Å². The van der Waals surface area contributed by atoms with E-state index in [1.807, 2.05) is 30.3 Å². The Morgan fingerprint density at radius 1 is 1.12 bits per heavy atom. The Morgan fingerprint density at radius 3 is 2.73 bits per heavy atom. The normalized spacial score (nSPS) is 14.1. The second-order valence-electron chi connectivity index (χ2n) is 5.86. The van der Waals surface area contributed by atoms with Crippen molar-refractivity contribution >= 4 is 23.6 Å². The molecule has 2 aromatic rings. The standard InChI is InChI=1S/C19H24N4O2S/c24-19(21-9-14-26-17-6-2-1-3-7-17)22-15-16-5-4-8-20-18(16)23-10-12-25-13-11-23/h1-8H,9-15H2,(H2,21,22,24). The van der Waals surface area contributed by atoms with E-state index in [-0.39, 0.29) is 6.03 Å². The number of hydrogen-bond donors (Lipinski definition) is 2. The SMILES string of the molecule is O=C(NCCSc1ccccc1)NCc1cccnc1N1CCOCC1. The number of carbonyl (C=O) groups is 1. The van der Waals surface area contributed by atoms with Gasteiger partial charge in [-0.15, -0.1) is 11.8 Å². The zero-order valence-corrected chi connectivity index (χ0v) is 15.5. The monoisotopic (exact) mass is 372 g/mol. The zero-order valence-electron chi connectivity index (χ0n) is 14.7. The number of nitrogens with one attached hydrogen (secondary N) is 2. The molecule has 1 aromatic carbocycles. The van der Waals surface area contributed by atoms with Crippen LogP contribution in [0.15, 0.2) is 53.6 Å². The molecular weight excluding hydrogens is 348 g/mol. The fourth-order valence-corrected chi connectivity index (χ4v) is 3.51. The van der Waals surface area contributed by atoms with Crippen LogP contribution in [-0.4, -0.2) is 49.6 Å². The summed E-state index contributed by atoms with van der Waals surface area (Å²) < 4.78 is 5.39. The topological polar surface area (TPSA) is 66.5 Å². The number of anilines is 1. The van der Waals surface area contributed by atoms with Gasteiger partial charge in [0.15, 0.2) is 0 Å². The van der Waals surface area contributed by atoms with E-state index >= 15 is 0 Å². The zero-order chi connectivity index (χ0) is 18.0. The molecule has 138 valence electrons. The van der Waals surface area contributed by atoms with Gasteiger partial charge < -0.3 is 20.3 Å². The highest BCUT2D eigenvalue weighted by Gasteiger charge is 2.16. The number of nitrogens with zero attached hydrogens (tertiary/aromatic N) is 2. The summed E-state index contributed by atoms with van der Waals surface area (Å²) in [6, 6.07) is 13.9. The van der Waals surface area contributed by atoms with Crippen LogP contribution in [0.3, 0.4) is 0 Å². The van der Waals surface area contributed by atoms with Crippen LogP contribution in [0.2, 0.25) is 0 Å². The van der Waals surface area contributed by atoms with Gasteiger partial charge in [-0.05, 0) is 18.2 Å². The molecule has 6 nitrogen and oxygen atoms in total. The second-order valence-corrected chi connectivity index (χ2v) is 7.02. The third-order valence-electron chi connectivity index (χ3n) is 4.02. The molecule has 26 heavy (non-hydrogen) atoms. The minimum Gasteiger partial charge on any atom is -0.378 e. The number of aromatic nitrogens is 1. The van der Waals surface area contributed by atoms with Crippen LogP contribution in [0.25, 0.3) is 0 Å². The van der Waals surface area contributed by atoms with Crippen LogP contribution in [-0.2, 0) is 11.3 Å². The molecule has 1 aliphatic heterocycles. The maximum atomic E-state index is 12.0. The summed E-state index contributed by atoms with van der Waals surface area (Å²) in [6.07, 6.45) is 1.79. The lowest BCUT2D eigenvalue weighted by molar-refractivity contribution is 0.122. The predicted octanol–water partition coefficient (Wildman–Crippen LogP) is 2.51. The predicted molar refractivity (Wildman–Crippen MR) is 105 cm³/mol. The third kappa shape index (κ3) is 5.64. The molecule has 0 unspecified atom stereocenters. The minimum absolute atomic E-state index is 0.157. The van der Waals surface area contributed by atoms with Crippen molar-refractivity contribution in [3.63, 3.8) is 0 Å². The van der Waals surface area contributed by atoms with Gasteiger partial charge in [-0.3, -0.25) is 0 Å². The van der Waals surface area contributed by atoms with Crippen LogP contribution in [0.1, 0.15) is 5.56 Å². The number of thioether (sulfide) groups is 1. The largest absolute Gasteiger partial charge is 0.378 e. The Labute approximate surface area is 158 Å². The van der Waals surface area contributed by atoms with Gasteiger partial charge in [-0.2, -0.15) is 0 Å². The number of carbonyl (C=O) groups excluding carboxylic acids is 1. The van der Waals surface area contributed by atoms with Gasteiger partial charge in [0.05, 0.1) is 13.2 Å². The van der Waals surface area contributed by atoms with Gasteiger partial charge in [0.2, 0.25) is 0 Å². The number of ether oxygens (including phenoxy) is 1. The lowest BCUT2D eigenvalue weighted by atomic mass is 10.2. The number of benzene rings is 1. The molecule has 7 heteroatoms. The molecule has 1 saturated heterocycles. The maximum Gasteiger partial charge on any atom is 0.315 e. The summed E-state index contributed by atoms with van der Waals surface area (Å²) >= 11 is 1.73. The highest BCUT2D eigenvalue weighted by molar-refractivity contribution is 7.99. The van der Waals surface area contributed by atoms with Crippen LogP contribution < -0.4 is 15.5 Å². The summed E-state index contributed by atoms with van der Waals surface area (Å²) in [7, 11) is 0. The molecule has 3 rings (SSSR count). The van der Waals surface area contributed by atoms with E-state index < -0.39 is 0 Å². The van der Waals surface area contributed by atoms with E-state index in [0.717, 1.165) is 30.2 Å². The van der Waals surface area contributed by atoms with Gasteiger partial charge in [0, 0.05) is 48.6 Å². The highest BCUT2D eigenvalue weighted by Crippen LogP contribution is 2.18. The van der Waals surface area contributed by atoms with Crippen LogP contribution in [0.5, 0.6) is 0 Å². The van der Waals surface area contributed by atoms with Crippen LogP contribution in [0, 0.1) is 0 Å². The highest BCUT2D eigenvalue weighted by atomic mass is 32.2. The Kier molecular flexibility index (Phi) is 7.15. The first-order chi connectivity index (χ1) is 12.8. The van der Waals surface area contributed by atoms with Gasteiger partial charge >= 0.3 is 6.03 Å². The van der Waals surface area contributed by atoms with Crippen LogP contribution >= 0.6 is 11.8 Å². The smallest absolute Gasteiger partial charge is 0.315 e. The molecule has 0 radical (unpaired) electrons. The maximum absolute atomic E-state index is 12.0. The van der Waals surface area contributed by atoms with Crippen LogP contribution in [0.4, 0.5) is 10.6 Å². The minimum atomic E-state index is -0.157. The molecule has 0 spiro atoms. The first-order valence-corrected chi connectivity index (χ1v) is 9.77. The fourth-order valence-electron chi connectivity index (χ4n) is 2.72. The van der Waals surface area contributed by atoms with Crippen molar-refractivity contribution in [1.29, 1.82) is 0 Å². The first kappa shape index (κ1) is 18.5. The molecule has 1 aromatic heterocycles. The lowest BCUT2D eigenvalue weighted by Crippen LogP contribution is -2.39. The van der Waals surface area contributed by atoms with E-state index in [2.05, 4.69) is 32.7 Å². The summed E-state index contributed by atoms with van der Waals surface area (Å²) in [5.74, 6) is 1.76. The van der Waals surface area contributed by atoms with Crippen molar-refractivity contribution in [3.05, 3.63) is 54.2 Å². The second kappa shape index (κ2) is 10.0. The van der Waals surface area contributed by atoms with Crippen molar-refractivity contribution in [2.24, 2.45) is 0 Å². The average Bonchev–Trinajstić information content (AvgIpc) is 2.71. The summed E-state index contributed by atoms with van der Waals surface area (Å²) in [4.78, 5) is 19.9. The molecule has 2 amide bonds. The Morgan fingerprint density at radius 2 is 1.92 bits per heavy atom. The molecule has 2 heterocycles. The summed E-state index contributed by atoms with van der Waals surface area (Å²) in [6.45, 7) is 4.15. The van der Waals surface area contributed by atoms with E-state index in [1.165, 1.54) is 4.90 Å². The quantitative estimate of drug-likeness (QED) is 0.577. The van der Waals surface area contributed by atoms with E-state index in [0.29, 0.717) is 26.3 Å². The molecule has 1 aliphatic rings. The van der Waals surface area contributed by atoms with E-state index in [9.17, 15) is 4.79 Å². The summed E-state index contributed by atoms with van der Waals surface area (Å²) in [5.41, 5.74) is 1.02. The Hall–Kier alpha value is -2.25. The number of urea groups is 1.